The Kier molecular flexibility index (Phi) is 11.9. The highest BCUT2D eigenvalue weighted by Crippen LogP contribution is 2.31. The smallest absolute Gasteiger partial charge is 0.105 e. The number of rotatable bonds is 15. The molecule has 2 heteroatoms. The fourth-order valence-corrected chi connectivity index (χ4v) is 3.96. The third kappa shape index (κ3) is 9.19. The molecule has 0 amide bonds. The van der Waals surface area contributed by atoms with Crippen LogP contribution in [0, 0.1) is 17.8 Å². The van der Waals surface area contributed by atoms with Crippen LogP contribution in [0.25, 0.3) is 0 Å². The van der Waals surface area contributed by atoms with Crippen molar-refractivity contribution in [1.82, 2.24) is 0 Å². The van der Waals surface area contributed by atoms with Gasteiger partial charge >= 0.3 is 0 Å². The maximum Gasteiger partial charge on any atom is 0.105 e. The lowest BCUT2D eigenvalue weighted by Crippen LogP contribution is -2.30. The van der Waals surface area contributed by atoms with E-state index in [0.717, 1.165) is 24.7 Å². The van der Waals surface area contributed by atoms with Crippen molar-refractivity contribution in [2.75, 3.05) is 6.61 Å². The van der Waals surface area contributed by atoms with E-state index in [9.17, 15) is 10.2 Å². The van der Waals surface area contributed by atoms with Crippen LogP contribution >= 0.6 is 0 Å². The summed E-state index contributed by atoms with van der Waals surface area (Å²) >= 11 is 0. The summed E-state index contributed by atoms with van der Waals surface area (Å²) in [7, 11) is 0. The van der Waals surface area contributed by atoms with Crippen LogP contribution in [0.4, 0.5) is 0 Å². The first-order valence-corrected chi connectivity index (χ1v) is 10.8. The van der Waals surface area contributed by atoms with Crippen molar-refractivity contribution in [2.24, 2.45) is 17.8 Å². The Bertz CT molecular complexity index is 426. The zero-order chi connectivity index (χ0) is 19.3. The largest absolute Gasteiger partial charge is 0.393 e. The van der Waals surface area contributed by atoms with E-state index in [0.29, 0.717) is 12.3 Å². The lowest BCUT2D eigenvalue weighted by atomic mass is 9.89. The third-order valence-electron chi connectivity index (χ3n) is 5.90. The molecule has 2 N–H and O–H groups in total. The molecule has 0 aliphatic heterocycles. The Morgan fingerprint density at radius 2 is 2.00 bits per heavy atom. The molecule has 0 aromatic carbocycles. The van der Waals surface area contributed by atoms with Gasteiger partial charge in [-0.05, 0) is 49.9 Å². The molecule has 0 fully saturated rings. The second-order valence-electron chi connectivity index (χ2n) is 8.32. The van der Waals surface area contributed by atoms with Crippen molar-refractivity contribution in [1.29, 1.82) is 0 Å². The van der Waals surface area contributed by atoms with Crippen molar-refractivity contribution in [3.05, 3.63) is 37.0 Å². The number of unbranched alkanes of at least 4 members (excludes halogenated alkanes) is 3. The highest BCUT2D eigenvalue weighted by Gasteiger charge is 2.21. The lowest BCUT2D eigenvalue weighted by Gasteiger charge is -2.21. The van der Waals surface area contributed by atoms with E-state index in [2.05, 4.69) is 44.7 Å². The Balaban J connectivity index is 2.15. The van der Waals surface area contributed by atoms with E-state index in [-0.39, 0.29) is 6.61 Å². The van der Waals surface area contributed by atoms with E-state index >= 15 is 0 Å². The van der Waals surface area contributed by atoms with Crippen LogP contribution in [0.1, 0.15) is 84.5 Å². The first-order valence-electron chi connectivity index (χ1n) is 10.8. The number of hydrogen-bond acceptors (Lipinski definition) is 2. The van der Waals surface area contributed by atoms with Gasteiger partial charge in [-0.25, -0.2) is 0 Å². The van der Waals surface area contributed by atoms with E-state index in [1.54, 1.807) is 0 Å². The van der Waals surface area contributed by atoms with E-state index < -0.39 is 5.60 Å². The zero-order valence-corrected chi connectivity index (χ0v) is 17.2. The molecule has 1 aliphatic carbocycles. The molecule has 2 nitrogen and oxygen atoms in total. The topological polar surface area (TPSA) is 40.5 Å². The minimum Gasteiger partial charge on any atom is -0.393 e. The quantitative estimate of drug-likeness (QED) is 0.269. The number of hydrogen-bond donors (Lipinski definition) is 2. The van der Waals surface area contributed by atoms with Crippen LogP contribution in [-0.2, 0) is 0 Å². The molecule has 1 rings (SSSR count). The molecule has 0 aromatic rings. The van der Waals surface area contributed by atoms with Crippen molar-refractivity contribution in [2.45, 2.75) is 90.1 Å². The van der Waals surface area contributed by atoms with E-state index in [1.165, 1.54) is 57.4 Å². The normalized spacial score (nSPS) is 23.4. The van der Waals surface area contributed by atoms with Crippen LogP contribution in [0.5, 0.6) is 0 Å². The molecule has 0 heterocycles. The summed E-state index contributed by atoms with van der Waals surface area (Å²) in [6.45, 7) is 8.02. The van der Waals surface area contributed by atoms with Crippen molar-refractivity contribution >= 4 is 0 Å². The van der Waals surface area contributed by atoms with Crippen LogP contribution < -0.4 is 0 Å². The molecular formula is C24H42O2. The maximum atomic E-state index is 9.98. The van der Waals surface area contributed by atoms with Gasteiger partial charge in [0.15, 0.2) is 0 Å². The number of aliphatic hydroxyl groups excluding tert-OH is 1. The number of aliphatic hydroxyl groups is 2. The van der Waals surface area contributed by atoms with Gasteiger partial charge in [0.25, 0.3) is 0 Å². The Morgan fingerprint density at radius 3 is 2.69 bits per heavy atom. The average molecular weight is 363 g/mol. The first-order chi connectivity index (χ1) is 12.5. The monoisotopic (exact) mass is 362 g/mol. The Hall–Kier alpha value is -0.860. The van der Waals surface area contributed by atoms with Crippen molar-refractivity contribution < 1.29 is 10.2 Å². The molecule has 2 unspecified atom stereocenters. The molecule has 4 atom stereocenters. The van der Waals surface area contributed by atoms with Crippen molar-refractivity contribution in [3.63, 3.8) is 0 Å². The summed E-state index contributed by atoms with van der Waals surface area (Å²) in [5.74, 6) is 2.27. The highest BCUT2D eigenvalue weighted by atomic mass is 16.3. The predicted molar refractivity (Wildman–Crippen MR) is 113 cm³/mol. The molecular weight excluding hydrogens is 320 g/mol. The fraction of sp³-hybridized carbons (Fsp3) is 0.750. The molecule has 0 radical (unpaired) electrons. The molecule has 150 valence electrons. The van der Waals surface area contributed by atoms with Crippen LogP contribution in [0.2, 0.25) is 0 Å². The summed E-state index contributed by atoms with van der Waals surface area (Å²) in [5.41, 5.74) is -1.08. The van der Waals surface area contributed by atoms with E-state index in [1.807, 2.05) is 0 Å². The summed E-state index contributed by atoms with van der Waals surface area (Å²) in [4.78, 5) is 0. The third-order valence-corrected chi connectivity index (χ3v) is 5.90. The fourth-order valence-electron chi connectivity index (χ4n) is 3.96. The molecule has 0 bridgehead atoms. The van der Waals surface area contributed by atoms with Gasteiger partial charge in [-0.15, -0.1) is 6.58 Å². The SMILES string of the molecule is C=CC(O)(CO)CCCCCC[C@H]1CC=C[C@@H]1C=CCCC(C)CCC. The van der Waals surface area contributed by atoms with E-state index in [4.69, 9.17) is 0 Å². The van der Waals surface area contributed by atoms with Gasteiger partial charge < -0.3 is 10.2 Å². The highest BCUT2D eigenvalue weighted by molar-refractivity contribution is 5.09. The zero-order valence-electron chi connectivity index (χ0n) is 17.2. The Morgan fingerprint density at radius 1 is 1.23 bits per heavy atom. The lowest BCUT2D eigenvalue weighted by molar-refractivity contribution is 0.0186. The summed E-state index contributed by atoms with van der Waals surface area (Å²) in [5, 5.41) is 19.1. The Labute approximate surface area is 162 Å². The standard InChI is InChI=1S/C24H42O2/c1-4-13-21(3)14-9-10-16-23-18-12-17-22(23)15-8-6-7-11-19-24(26,5-2)20-25/h5,10,12,16,18,21-23,25-26H,2,4,6-9,11,13-15,17,19-20H2,1,3H3/t21?,22-,23-,24?/m0/s1. The van der Waals surface area contributed by atoms with Gasteiger partial charge in [-0.2, -0.15) is 0 Å². The van der Waals surface area contributed by atoms with Gasteiger partial charge in [0, 0.05) is 0 Å². The molecule has 0 aromatic heterocycles. The van der Waals surface area contributed by atoms with Gasteiger partial charge in [0.2, 0.25) is 0 Å². The van der Waals surface area contributed by atoms with Gasteiger partial charge in [0.05, 0.1) is 6.61 Å². The molecule has 0 saturated heterocycles. The summed E-state index contributed by atoms with van der Waals surface area (Å²) < 4.78 is 0. The molecule has 0 spiro atoms. The second kappa shape index (κ2) is 13.3. The van der Waals surface area contributed by atoms with Crippen molar-refractivity contribution in [3.8, 4) is 0 Å². The minimum absolute atomic E-state index is 0.227. The van der Waals surface area contributed by atoms with Crippen LogP contribution in [0.3, 0.4) is 0 Å². The molecule has 0 saturated carbocycles. The molecule has 1 aliphatic rings. The van der Waals surface area contributed by atoms with Gasteiger partial charge in [0.1, 0.15) is 5.60 Å². The summed E-state index contributed by atoms with van der Waals surface area (Å²) in [6.07, 6.45) is 23.9. The first kappa shape index (κ1) is 23.2. The average Bonchev–Trinajstić information content (AvgIpc) is 3.09. The minimum atomic E-state index is -1.08. The molecule has 26 heavy (non-hydrogen) atoms. The second-order valence-corrected chi connectivity index (χ2v) is 8.32. The van der Waals surface area contributed by atoms with Gasteiger partial charge in [-0.3, -0.25) is 0 Å². The predicted octanol–water partition coefficient (Wildman–Crippen LogP) is 6.20. The maximum absolute atomic E-state index is 9.98. The van der Waals surface area contributed by atoms with Crippen LogP contribution in [-0.4, -0.2) is 22.4 Å². The van der Waals surface area contributed by atoms with Crippen LogP contribution in [0.15, 0.2) is 37.0 Å². The van der Waals surface area contributed by atoms with Gasteiger partial charge in [-0.1, -0.05) is 82.8 Å². The summed E-state index contributed by atoms with van der Waals surface area (Å²) in [6, 6.07) is 0. The number of allylic oxidation sites excluding steroid dienone is 4.